The zero-order valence-electron chi connectivity index (χ0n) is 17.5. The van der Waals surface area contributed by atoms with Crippen LogP contribution in [0.1, 0.15) is 24.0 Å². The number of rotatable bonds is 7. The minimum Gasteiger partial charge on any atom is -0.457 e. The molecule has 0 saturated carbocycles. The van der Waals surface area contributed by atoms with Crippen LogP contribution in [-0.2, 0) is 6.42 Å². The molecule has 4 heteroatoms. The average Bonchev–Trinajstić information content (AvgIpc) is 2.79. The molecule has 4 rings (SSSR count). The summed E-state index contributed by atoms with van der Waals surface area (Å²) in [5.41, 5.74) is 15.4. The highest BCUT2D eigenvalue weighted by atomic mass is 16.5. The number of hydrogen-bond acceptors (Lipinski definition) is 4. The highest BCUT2D eigenvalue weighted by Crippen LogP contribution is 2.28. The lowest BCUT2D eigenvalue weighted by Crippen LogP contribution is -1.98. The van der Waals surface area contributed by atoms with Gasteiger partial charge < -0.3 is 20.9 Å². The molecule has 0 heterocycles. The quantitative estimate of drug-likeness (QED) is 0.329. The first-order valence-electron chi connectivity index (χ1n) is 10.3. The van der Waals surface area contributed by atoms with Crippen LogP contribution in [0.2, 0.25) is 0 Å². The molecule has 0 bridgehead atoms. The molecule has 0 aliphatic rings. The van der Waals surface area contributed by atoms with Gasteiger partial charge in [-0.25, -0.2) is 0 Å². The van der Waals surface area contributed by atoms with Crippen LogP contribution in [0.25, 0.3) is 0 Å². The number of benzene rings is 4. The second kappa shape index (κ2) is 9.26. The van der Waals surface area contributed by atoms with E-state index in [1.807, 2.05) is 72.8 Å². The Hall–Kier alpha value is -3.92. The van der Waals surface area contributed by atoms with Gasteiger partial charge in [-0.2, -0.15) is 0 Å². The zero-order chi connectivity index (χ0) is 21.6. The summed E-state index contributed by atoms with van der Waals surface area (Å²) in [7, 11) is 0. The van der Waals surface area contributed by atoms with Gasteiger partial charge in [0.1, 0.15) is 23.0 Å². The van der Waals surface area contributed by atoms with Crippen LogP contribution < -0.4 is 20.9 Å². The Morgan fingerprint density at radius 1 is 0.548 bits per heavy atom. The predicted molar refractivity (Wildman–Crippen MR) is 127 cm³/mol. The fourth-order valence-corrected chi connectivity index (χ4v) is 3.37. The summed E-state index contributed by atoms with van der Waals surface area (Å²) in [4.78, 5) is 0. The smallest absolute Gasteiger partial charge is 0.127 e. The van der Waals surface area contributed by atoms with Crippen molar-refractivity contribution in [3.63, 3.8) is 0 Å². The Labute approximate surface area is 183 Å². The van der Waals surface area contributed by atoms with E-state index in [1.54, 1.807) is 0 Å². The van der Waals surface area contributed by atoms with Gasteiger partial charge in [-0.3, -0.25) is 0 Å². The van der Waals surface area contributed by atoms with Gasteiger partial charge in [-0.15, -0.1) is 0 Å². The molecule has 156 valence electrons. The van der Waals surface area contributed by atoms with Crippen LogP contribution in [0.15, 0.2) is 97.1 Å². The lowest BCUT2D eigenvalue weighted by molar-refractivity contribution is 0.482. The molecule has 1 atom stereocenters. The van der Waals surface area contributed by atoms with Crippen molar-refractivity contribution >= 4 is 11.4 Å². The van der Waals surface area contributed by atoms with Crippen molar-refractivity contribution in [2.24, 2.45) is 0 Å². The van der Waals surface area contributed by atoms with Gasteiger partial charge in [0.15, 0.2) is 0 Å². The topological polar surface area (TPSA) is 70.5 Å². The van der Waals surface area contributed by atoms with Gasteiger partial charge in [0.05, 0.1) is 0 Å². The first kappa shape index (κ1) is 20.4. The zero-order valence-corrected chi connectivity index (χ0v) is 17.5. The Morgan fingerprint density at radius 3 is 1.32 bits per heavy atom. The predicted octanol–water partition coefficient (Wildman–Crippen LogP) is 6.78. The fraction of sp³-hybridized carbons (Fsp3) is 0.111. The van der Waals surface area contributed by atoms with Crippen LogP contribution in [-0.4, -0.2) is 0 Å². The summed E-state index contributed by atoms with van der Waals surface area (Å²) in [5, 5.41) is 0. The third kappa shape index (κ3) is 5.58. The molecule has 1 unspecified atom stereocenters. The van der Waals surface area contributed by atoms with E-state index in [-0.39, 0.29) is 0 Å². The van der Waals surface area contributed by atoms with Gasteiger partial charge in [-0.05, 0) is 96.3 Å². The lowest BCUT2D eigenvalue weighted by Gasteiger charge is -2.14. The summed E-state index contributed by atoms with van der Waals surface area (Å²) < 4.78 is 11.7. The Bertz CT molecular complexity index is 1100. The largest absolute Gasteiger partial charge is 0.457 e. The third-order valence-electron chi connectivity index (χ3n) is 5.15. The maximum atomic E-state index is 5.88. The number of hydrogen-bond donors (Lipinski definition) is 2. The van der Waals surface area contributed by atoms with Crippen molar-refractivity contribution in [1.82, 2.24) is 0 Å². The van der Waals surface area contributed by atoms with E-state index in [0.717, 1.165) is 40.8 Å². The summed E-state index contributed by atoms with van der Waals surface area (Å²) >= 11 is 0. The van der Waals surface area contributed by atoms with E-state index < -0.39 is 0 Å². The maximum Gasteiger partial charge on any atom is 0.127 e. The van der Waals surface area contributed by atoms with Crippen molar-refractivity contribution in [2.75, 3.05) is 11.5 Å². The van der Waals surface area contributed by atoms with E-state index in [1.165, 1.54) is 11.1 Å². The average molecular weight is 411 g/mol. The van der Waals surface area contributed by atoms with Crippen LogP contribution in [0, 0.1) is 0 Å². The maximum absolute atomic E-state index is 5.88. The van der Waals surface area contributed by atoms with E-state index in [4.69, 9.17) is 20.9 Å². The Kier molecular flexibility index (Phi) is 6.08. The van der Waals surface area contributed by atoms with Crippen molar-refractivity contribution in [1.29, 1.82) is 0 Å². The normalized spacial score (nSPS) is 11.6. The number of anilines is 2. The summed E-state index contributed by atoms with van der Waals surface area (Å²) in [6.07, 6.45) is 0.945. The van der Waals surface area contributed by atoms with Gasteiger partial charge in [0.2, 0.25) is 0 Å². The van der Waals surface area contributed by atoms with E-state index >= 15 is 0 Å². The SMILES string of the molecule is CC(Cc1ccc(Oc2ccc(N)cc2)cc1)c1ccc(Oc2ccc(N)cc2)cc1. The molecule has 0 fully saturated rings. The number of nitrogen functional groups attached to an aromatic ring is 2. The fourth-order valence-electron chi connectivity index (χ4n) is 3.37. The van der Waals surface area contributed by atoms with Crippen LogP contribution >= 0.6 is 0 Å². The van der Waals surface area contributed by atoms with Crippen molar-refractivity contribution in [3.8, 4) is 23.0 Å². The molecule has 0 saturated heterocycles. The Morgan fingerprint density at radius 2 is 0.903 bits per heavy atom. The molecule has 4 nitrogen and oxygen atoms in total. The second-order valence-electron chi connectivity index (χ2n) is 7.66. The molecule has 0 amide bonds. The number of nitrogens with two attached hydrogens (primary N) is 2. The van der Waals surface area contributed by atoms with E-state index in [2.05, 4.69) is 31.2 Å². The molecule has 4 aromatic carbocycles. The highest BCUT2D eigenvalue weighted by molar-refractivity contribution is 5.44. The molecule has 0 radical (unpaired) electrons. The number of ether oxygens (including phenoxy) is 2. The molecular formula is C27H26N2O2. The molecule has 0 aliphatic heterocycles. The van der Waals surface area contributed by atoms with Gasteiger partial charge in [0, 0.05) is 11.4 Å². The van der Waals surface area contributed by atoms with Gasteiger partial charge in [0.25, 0.3) is 0 Å². The summed E-state index contributed by atoms with van der Waals surface area (Å²) in [6, 6.07) is 31.3. The monoisotopic (exact) mass is 410 g/mol. The lowest BCUT2D eigenvalue weighted by atomic mass is 9.94. The van der Waals surface area contributed by atoms with E-state index in [9.17, 15) is 0 Å². The van der Waals surface area contributed by atoms with E-state index in [0.29, 0.717) is 5.92 Å². The molecule has 0 aliphatic carbocycles. The minimum absolute atomic E-state index is 0.384. The Balaban J connectivity index is 1.34. The van der Waals surface area contributed by atoms with Crippen molar-refractivity contribution < 1.29 is 9.47 Å². The molecule has 31 heavy (non-hydrogen) atoms. The van der Waals surface area contributed by atoms with Crippen LogP contribution in [0.4, 0.5) is 11.4 Å². The molecular weight excluding hydrogens is 384 g/mol. The molecule has 0 spiro atoms. The molecule has 4 aromatic rings. The third-order valence-corrected chi connectivity index (χ3v) is 5.15. The first-order chi connectivity index (χ1) is 15.0. The van der Waals surface area contributed by atoms with Gasteiger partial charge in [-0.1, -0.05) is 31.2 Å². The summed E-state index contributed by atoms with van der Waals surface area (Å²) in [6.45, 7) is 2.23. The first-order valence-corrected chi connectivity index (χ1v) is 10.3. The van der Waals surface area contributed by atoms with Crippen molar-refractivity contribution in [2.45, 2.75) is 19.3 Å². The highest BCUT2D eigenvalue weighted by Gasteiger charge is 2.08. The second-order valence-corrected chi connectivity index (χ2v) is 7.66. The van der Waals surface area contributed by atoms with Crippen LogP contribution in [0.3, 0.4) is 0 Å². The van der Waals surface area contributed by atoms with Crippen molar-refractivity contribution in [3.05, 3.63) is 108 Å². The molecule has 0 aromatic heterocycles. The standard InChI is InChI=1S/C27H26N2O2/c1-19(21-4-12-25(13-5-21)31-27-16-8-23(29)9-17-27)18-20-2-10-24(11-3-20)30-26-14-6-22(28)7-15-26/h2-17,19H,18,28-29H2,1H3. The van der Waals surface area contributed by atoms with Gasteiger partial charge >= 0.3 is 0 Å². The molecule has 4 N–H and O–H groups in total. The van der Waals surface area contributed by atoms with Crippen LogP contribution in [0.5, 0.6) is 23.0 Å². The minimum atomic E-state index is 0.384. The summed E-state index contributed by atoms with van der Waals surface area (Å²) in [5.74, 6) is 3.55.